The standard InChI is InChI=1S/C18H30BrNO3S/c1-4-24(22,23)11-13(2)20(3)16(21)10-17-6-14-5-15(7-17)9-18(19,8-14)12-17/h13-15H,4-12H2,1-3H3. The second-order valence-electron chi connectivity index (χ2n) is 8.84. The van der Waals surface area contributed by atoms with Crippen molar-refractivity contribution in [2.24, 2.45) is 17.3 Å². The van der Waals surface area contributed by atoms with Gasteiger partial charge in [-0.25, -0.2) is 8.42 Å². The van der Waals surface area contributed by atoms with E-state index in [0.717, 1.165) is 18.3 Å². The number of rotatable bonds is 6. The van der Waals surface area contributed by atoms with Crippen LogP contribution in [-0.4, -0.2) is 48.1 Å². The third-order valence-electron chi connectivity index (χ3n) is 6.63. The third kappa shape index (κ3) is 3.69. The molecule has 24 heavy (non-hydrogen) atoms. The SMILES string of the molecule is CCS(=O)(=O)CC(C)N(C)C(=O)CC12CC3CC(CC(Br)(C3)C1)C2. The maximum Gasteiger partial charge on any atom is 0.223 e. The minimum Gasteiger partial charge on any atom is -0.342 e. The highest BCUT2D eigenvalue weighted by Crippen LogP contribution is 2.65. The zero-order valence-electron chi connectivity index (χ0n) is 15.1. The van der Waals surface area contributed by atoms with E-state index in [1.165, 1.54) is 32.1 Å². The number of carbonyl (C=O) groups is 1. The monoisotopic (exact) mass is 419 g/mol. The molecule has 3 unspecified atom stereocenters. The maximum atomic E-state index is 12.9. The average molecular weight is 420 g/mol. The lowest BCUT2D eigenvalue weighted by molar-refractivity contribution is -0.138. The molecule has 4 saturated carbocycles. The zero-order chi connectivity index (χ0) is 17.8. The van der Waals surface area contributed by atoms with E-state index in [1.54, 1.807) is 18.9 Å². The molecule has 4 nitrogen and oxygen atoms in total. The summed E-state index contributed by atoms with van der Waals surface area (Å²) < 4.78 is 23.9. The molecule has 6 heteroatoms. The van der Waals surface area contributed by atoms with Crippen molar-refractivity contribution >= 4 is 31.7 Å². The summed E-state index contributed by atoms with van der Waals surface area (Å²) in [5.74, 6) is 1.85. The number of amides is 1. The van der Waals surface area contributed by atoms with Gasteiger partial charge in [-0.15, -0.1) is 0 Å². The summed E-state index contributed by atoms with van der Waals surface area (Å²) in [5.41, 5.74) is 0.141. The van der Waals surface area contributed by atoms with Crippen LogP contribution < -0.4 is 0 Å². The van der Waals surface area contributed by atoms with Crippen LogP contribution in [0, 0.1) is 17.3 Å². The van der Waals surface area contributed by atoms with Crippen molar-refractivity contribution in [1.29, 1.82) is 0 Å². The Morgan fingerprint density at radius 1 is 1.25 bits per heavy atom. The van der Waals surface area contributed by atoms with Crippen LogP contribution in [0.1, 0.15) is 58.8 Å². The highest BCUT2D eigenvalue weighted by atomic mass is 79.9. The molecule has 0 saturated heterocycles. The Hall–Kier alpha value is -0.100. The molecule has 1 amide bonds. The third-order valence-corrected chi connectivity index (χ3v) is 9.42. The maximum absolute atomic E-state index is 12.9. The first-order chi connectivity index (χ1) is 11.1. The molecule has 138 valence electrons. The van der Waals surface area contributed by atoms with Gasteiger partial charge in [0, 0.05) is 29.6 Å². The molecule has 0 heterocycles. The second kappa shape index (κ2) is 6.26. The van der Waals surface area contributed by atoms with Crippen molar-refractivity contribution in [1.82, 2.24) is 4.90 Å². The van der Waals surface area contributed by atoms with Gasteiger partial charge >= 0.3 is 0 Å². The van der Waals surface area contributed by atoms with E-state index in [0.29, 0.717) is 6.42 Å². The minimum atomic E-state index is -3.06. The molecule has 4 aliphatic carbocycles. The molecule has 0 radical (unpaired) electrons. The van der Waals surface area contributed by atoms with Crippen LogP contribution in [-0.2, 0) is 14.6 Å². The zero-order valence-corrected chi connectivity index (χ0v) is 17.5. The molecular weight excluding hydrogens is 390 g/mol. The molecule has 0 aromatic carbocycles. The van der Waals surface area contributed by atoms with E-state index in [2.05, 4.69) is 15.9 Å². The van der Waals surface area contributed by atoms with Crippen molar-refractivity contribution in [3.8, 4) is 0 Å². The van der Waals surface area contributed by atoms with E-state index in [-0.39, 0.29) is 33.2 Å². The van der Waals surface area contributed by atoms with Crippen molar-refractivity contribution in [2.45, 2.75) is 69.2 Å². The van der Waals surface area contributed by atoms with Gasteiger partial charge in [-0.3, -0.25) is 4.79 Å². The topological polar surface area (TPSA) is 54.5 Å². The second-order valence-corrected chi connectivity index (χ2v) is 12.9. The summed E-state index contributed by atoms with van der Waals surface area (Å²) in [5, 5.41) is 0. The number of halogens is 1. The number of hydrogen-bond acceptors (Lipinski definition) is 3. The van der Waals surface area contributed by atoms with Crippen LogP contribution in [0.4, 0.5) is 0 Å². The lowest BCUT2D eigenvalue weighted by Crippen LogP contribution is -2.54. The fourth-order valence-corrected chi connectivity index (χ4v) is 8.54. The quantitative estimate of drug-likeness (QED) is 0.619. The first-order valence-corrected chi connectivity index (χ1v) is 11.8. The Balaban J connectivity index is 1.66. The molecular formula is C18H30BrNO3S. The fraction of sp³-hybridized carbons (Fsp3) is 0.944. The Kier molecular flexibility index (Phi) is 4.87. The molecule has 4 aliphatic rings. The van der Waals surface area contributed by atoms with Crippen molar-refractivity contribution in [3.05, 3.63) is 0 Å². The number of alkyl halides is 1. The van der Waals surface area contributed by atoms with Gasteiger partial charge < -0.3 is 4.90 Å². The molecule has 0 aromatic heterocycles. The Morgan fingerprint density at radius 2 is 1.83 bits per heavy atom. The van der Waals surface area contributed by atoms with Gasteiger partial charge in [0.25, 0.3) is 0 Å². The van der Waals surface area contributed by atoms with Crippen LogP contribution in [0.2, 0.25) is 0 Å². The highest BCUT2D eigenvalue weighted by molar-refractivity contribution is 9.10. The fourth-order valence-electron chi connectivity index (χ4n) is 5.83. The summed E-state index contributed by atoms with van der Waals surface area (Å²) in [4.78, 5) is 14.5. The van der Waals surface area contributed by atoms with Gasteiger partial charge in [-0.1, -0.05) is 22.9 Å². The molecule has 4 bridgehead atoms. The van der Waals surface area contributed by atoms with Crippen LogP contribution in [0.5, 0.6) is 0 Å². The Labute approximate surface area is 154 Å². The number of carbonyl (C=O) groups excluding carboxylic acids is 1. The van der Waals surface area contributed by atoms with E-state index in [1.807, 2.05) is 6.92 Å². The van der Waals surface area contributed by atoms with Crippen molar-refractivity contribution in [2.75, 3.05) is 18.6 Å². The molecule has 0 aliphatic heterocycles. The molecule has 0 N–H and O–H groups in total. The largest absolute Gasteiger partial charge is 0.342 e. The van der Waals surface area contributed by atoms with E-state index in [9.17, 15) is 13.2 Å². The summed E-state index contributed by atoms with van der Waals surface area (Å²) >= 11 is 3.99. The molecule has 4 fully saturated rings. The molecule has 0 aromatic rings. The molecule has 3 atom stereocenters. The lowest BCUT2D eigenvalue weighted by Gasteiger charge is -2.60. The van der Waals surface area contributed by atoms with Crippen molar-refractivity contribution in [3.63, 3.8) is 0 Å². The van der Waals surface area contributed by atoms with Gasteiger partial charge in [-0.05, 0) is 62.7 Å². The van der Waals surface area contributed by atoms with Gasteiger partial charge in [-0.2, -0.15) is 0 Å². The molecule has 4 rings (SSSR count). The summed E-state index contributed by atoms with van der Waals surface area (Å²) in [6, 6.07) is -0.255. The Bertz CT molecular complexity index is 604. The number of nitrogens with zero attached hydrogens (tertiary/aromatic N) is 1. The number of hydrogen-bond donors (Lipinski definition) is 0. The predicted octanol–water partition coefficient (Wildman–Crippen LogP) is 3.39. The summed E-state index contributed by atoms with van der Waals surface area (Å²) in [6.07, 6.45) is 7.91. The van der Waals surface area contributed by atoms with E-state index >= 15 is 0 Å². The lowest BCUT2D eigenvalue weighted by atomic mass is 9.48. The van der Waals surface area contributed by atoms with Crippen LogP contribution in [0.25, 0.3) is 0 Å². The van der Waals surface area contributed by atoms with Crippen molar-refractivity contribution < 1.29 is 13.2 Å². The number of sulfone groups is 1. The van der Waals surface area contributed by atoms with Gasteiger partial charge in [0.2, 0.25) is 5.91 Å². The summed E-state index contributed by atoms with van der Waals surface area (Å²) in [6.45, 7) is 3.51. The van der Waals surface area contributed by atoms with E-state index < -0.39 is 9.84 Å². The minimum absolute atomic E-state index is 0.0619. The normalized spacial score (nSPS) is 39.0. The van der Waals surface area contributed by atoms with E-state index in [4.69, 9.17) is 0 Å². The smallest absolute Gasteiger partial charge is 0.223 e. The molecule has 0 spiro atoms. The van der Waals surface area contributed by atoms with Crippen LogP contribution in [0.15, 0.2) is 0 Å². The van der Waals surface area contributed by atoms with Crippen LogP contribution in [0.3, 0.4) is 0 Å². The first-order valence-electron chi connectivity index (χ1n) is 9.20. The van der Waals surface area contributed by atoms with Gasteiger partial charge in [0.15, 0.2) is 9.84 Å². The van der Waals surface area contributed by atoms with Gasteiger partial charge in [0.05, 0.1) is 5.75 Å². The van der Waals surface area contributed by atoms with Gasteiger partial charge in [0.1, 0.15) is 0 Å². The highest BCUT2D eigenvalue weighted by Gasteiger charge is 2.57. The summed E-state index contributed by atoms with van der Waals surface area (Å²) in [7, 11) is -1.30. The first kappa shape index (κ1) is 18.7. The average Bonchev–Trinajstić information content (AvgIpc) is 2.42. The Morgan fingerprint density at radius 3 is 2.33 bits per heavy atom. The van der Waals surface area contributed by atoms with Crippen LogP contribution >= 0.6 is 15.9 Å². The predicted molar refractivity (Wildman–Crippen MR) is 99.9 cm³/mol.